The number of halogens is 1. The van der Waals surface area contributed by atoms with E-state index in [1.807, 2.05) is 24.3 Å². The minimum atomic E-state index is -0.358. The van der Waals surface area contributed by atoms with Crippen LogP contribution in [0.2, 0.25) is 0 Å². The van der Waals surface area contributed by atoms with Gasteiger partial charge in [0.05, 0.1) is 12.0 Å². The maximum absolute atomic E-state index is 13.8. The van der Waals surface area contributed by atoms with E-state index in [0.717, 1.165) is 23.3 Å². The van der Waals surface area contributed by atoms with Crippen molar-refractivity contribution in [2.45, 2.75) is 37.5 Å². The summed E-state index contributed by atoms with van der Waals surface area (Å²) in [5, 5.41) is 5.63. The van der Waals surface area contributed by atoms with Crippen LogP contribution in [0.3, 0.4) is 0 Å². The molecular weight excluding hydrogens is 437 g/mol. The molecule has 2 aromatic carbocycles. The zero-order valence-electron chi connectivity index (χ0n) is 18.1. The first kappa shape index (κ1) is 20.5. The lowest BCUT2D eigenvalue weighted by molar-refractivity contribution is 0.235. The van der Waals surface area contributed by atoms with Gasteiger partial charge in [0.15, 0.2) is 5.82 Å². The predicted octanol–water partition coefficient (Wildman–Crippen LogP) is 3.67. The molecule has 1 saturated carbocycles. The summed E-state index contributed by atoms with van der Waals surface area (Å²) in [7, 11) is 0. The summed E-state index contributed by atoms with van der Waals surface area (Å²) >= 11 is 0. The number of aromatic nitrogens is 1. The van der Waals surface area contributed by atoms with Crippen LogP contribution in [0.15, 0.2) is 59.7 Å². The van der Waals surface area contributed by atoms with Crippen LogP contribution in [0.4, 0.5) is 15.0 Å². The van der Waals surface area contributed by atoms with Gasteiger partial charge in [-0.05, 0) is 36.8 Å². The van der Waals surface area contributed by atoms with Crippen LogP contribution in [0.1, 0.15) is 29.0 Å². The smallest absolute Gasteiger partial charge is 0.315 e. The Morgan fingerprint density at radius 3 is 2.97 bits per heavy atom. The topological polar surface area (TPSA) is 111 Å². The van der Waals surface area contributed by atoms with E-state index in [4.69, 9.17) is 15.2 Å². The fraction of sp³-hybridized carbons (Fsp3) is 0.240. The Hall–Kier alpha value is -4.14. The molecule has 3 atom stereocenters. The molecule has 1 aromatic heterocycles. The van der Waals surface area contributed by atoms with Crippen molar-refractivity contribution < 1.29 is 18.7 Å². The van der Waals surface area contributed by atoms with E-state index in [1.165, 1.54) is 6.07 Å². The van der Waals surface area contributed by atoms with Crippen molar-refractivity contribution in [2.24, 2.45) is 10.7 Å². The molecule has 6 rings (SSSR count). The van der Waals surface area contributed by atoms with Gasteiger partial charge in [-0.3, -0.25) is 0 Å². The van der Waals surface area contributed by atoms with Gasteiger partial charge in [0.1, 0.15) is 35.0 Å². The lowest BCUT2D eigenvalue weighted by Gasteiger charge is -2.17. The highest BCUT2D eigenvalue weighted by Gasteiger charge is 2.59. The van der Waals surface area contributed by atoms with Crippen molar-refractivity contribution in [3.05, 3.63) is 77.2 Å². The average molecular weight is 459 g/mol. The van der Waals surface area contributed by atoms with Crippen molar-refractivity contribution >= 4 is 17.7 Å². The number of carbonyl (C=O) groups is 1. The second kappa shape index (κ2) is 8.02. The van der Waals surface area contributed by atoms with E-state index < -0.39 is 0 Å². The Balaban J connectivity index is 1.12. The molecule has 34 heavy (non-hydrogen) atoms. The maximum atomic E-state index is 13.8. The zero-order chi connectivity index (χ0) is 23.2. The van der Waals surface area contributed by atoms with E-state index >= 15 is 0 Å². The zero-order valence-corrected chi connectivity index (χ0v) is 18.1. The quantitative estimate of drug-likeness (QED) is 0.539. The third-order valence-electron chi connectivity index (χ3n) is 6.35. The average Bonchev–Trinajstić information content (AvgIpc) is 3.34. The number of nitrogens with one attached hydrogen (secondary N) is 2. The first-order valence-corrected chi connectivity index (χ1v) is 11.1. The number of fused-ring (bicyclic) bond motifs is 4. The van der Waals surface area contributed by atoms with Crippen molar-refractivity contribution in [3.63, 3.8) is 0 Å². The van der Waals surface area contributed by atoms with Crippen LogP contribution in [0.25, 0.3) is 0 Å². The number of rotatable bonds is 5. The van der Waals surface area contributed by atoms with E-state index in [1.54, 1.807) is 24.4 Å². The molecule has 172 valence electrons. The fourth-order valence-corrected chi connectivity index (χ4v) is 4.56. The Bertz CT molecular complexity index is 1330. The number of hydrogen-bond donors (Lipinski definition) is 3. The largest absolute Gasteiger partial charge is 0.487 e. The van der Waals surface area contributed by atoms with Crippen LogP contribution in [-0.4, -0.2) is 29.0 Å². The lowest BCUT2D eigenvalue weighted by atomic mass is 10.1. The van der Waals surface area contributed by atoms with Gasteiger partial charge in [-0.25, -0.2) is 19.2 Å². The Labute approximate surface area is 195 Å². The molecule has 0 radical (unpaired) electrons. The number of nitrogens with zero attached hydrogens (tertiary/aromatic N) is 2. The van der Waals surface area contributed by atoms with Gasteiger partial charge in [-0.15, -0.1) is 0 Å². The summed E-state index contributed by atoms with van der Waals surface area (Å²) < 4.78 is 25.9. The normalized spacial score (nSPS) is 21.3. The number of benzene rings is 2. The van der Waals surface area contributed by atoms with Gasteiger partial charge in [0.2, 0.25) is 0 Å². The second-order valence-corrected chi connectivity index (χ2v) is 8.57. The van der Waals surface area contributed by atoms with E-state index in [-0.39, 0.29) is 36.5 Å². The molecule has 1 fully saturated rings. The van der Waals surface area contributed by atoms with Crippen molar-refractivity contribution in [1.29, 1.82) is 0 Å². The van der Waals surface area contributed by atoms with Crippen LogP contribution in [0, 0.1) is 5.82 Å². The third-order valence-corrected chi connectivity index (χ3v) is 6.35. The SMILES string of the molecule is NC1=Nc2nccc(Oc3ccc4c(c3)C3C(NC(=O)NCc5ccccc5F)C3O4)c2CC1. The molecular formula is C25H22FN5O3. The number of ether oxygens (including phenoxy) is 2. The standard InChI is InChI=1S/C25H22FN5O3/c26-17-4-2-1-3-13(17)12-29-25(32)31-22-21-16-11-14(5-7-18(16)34-23(21)22)33-19-9-10-28-24-15(19)6-8-20(27)30-24/h1-5,7,9-11,21-23H,6,8,12H2,(H2,27,28,30)(H2,29,31,32). The molecule has 9 heteroatoms. The predicted molar refractivity (Wildman–Crippen MR) is 123 cm³/mol. The molecule has 2 amide bonds. The molecule has 3 aromatic rings. The van der Waals surface area contributed by atoms with Crippen LogP contribution >= 0.6 is 0 Å². The number of urea groups is 1. The molecule has 3 aliphatic rings. The van der Waals surface area contributed by atoms with Gasteiger partial charge in [-0.1, -0.05) is 18.2 Å². The van der Waals surface area contributed by atoms with Gasteiger partial charge >= 0.3 is 6.03 Å². The summed E-state index contributed by atoms with van der Waals surface area (Å²) in [5.41, 5.74) is 8.20. The highest BCUT2D eigenvalue weighted by Crippen LogP contribution is 2.54. The molecule has 2 aliphatic heterocycles. The highest BCUT2D eigenvalue weighted by molar-refractivity contribution is 5.85. The molecule has 8 nitrogen and oxygen atoms in total. The maximum Gasteiger partial charge on any atom is 0.315 e. The third kappa shape index (κ3) is 3.68. The summed E-state index contributed by atoms with van der Waals surface area (Å²) in [6, 6.07) is 13.4. The highest BCUT2D eigenvalue weighted by atomic mass is 19.1. The molecule has 0 bridgehead atoms. The van der Waals surface area contributed by atoms with E-state index in [0.29, 0.717) is 35.1 Å². The van der Waals surface area contributed by atoms with Crippen molar-refractivity contribution in [3.8, 4) is 17.2 Å². The van der Waals surface area contributed by atoms with Crippen LogP contribution < -0.4 is 25.8 Å². The van der Waals surface area contributed by atoms with Gasteiger partial charge < -0.3 is 25.8 Å². The number of pyridine rings is 1. The monoisotopic (exact) mass is 459 g/mol. The van der Waals surface area contributed by atoms with Crippen LogP contribution in [0.5, 0.6) is 17.2 Å². The Kier molecular flexibility index (Phi) is 4.83. The first-order valence-electron chi connectivity index (χ1n) is 11.1. The number of amidine groups is 1. The first-order chi connectivity index (χ1) is 16.6. The minimum absolute atomic E-state index is 0.0496. The number of aliphatic imine (C=N–C) groups is 1. The van der Waals surface area contributed by atoms with Crippen LogP contribution in [-0.2, 0) is 13.0 Å². The lowest BCUT2D eigenvalue weighted by Crippen LogP contribution is -2.38. The van der Waals surface area contributed by atoms with Crippen molar-refractivity contribution in [1.82, 2.24) is 15.6 Å². The molecule has 1 aliphatic carbocycles. The molecule has 3 unspecified atom stereocenters. The minimum Gasteiger partial charge on any atom is -0.487 e. The molecule has 3 heterocycles. The van der Waals surface area contributed by atoms with E-state index in [2.05, 4.69) is 20.6 Å². The number of nitrogens with two attached hydrogens (primary N) is 1. The molecule has 0 saturated heterocycles. The van der Waals surface area contributed by atoms with E-state index in [9.17, 15) is 9.18 Å². The van der Waals surface area contributed by atoms with Gasteiger partial charge in [-0.2, -0.15) is 0 Å². The Morgan fingerprint density at radius 1 is 1.21 bits per heavy atom. The van der Waals surface area contributed by atoms with Crippen molar-refractivity contribution in [2.75, 3.05) is 0 Å². The van der Waals surface area contributed by atoms with Gasteiger partial charge in [0.25, 0.3) is 0 Å². The number of amides is 2. The summed E-state index contributed by atoms with van der Waals surface area (Å²) in [5.74, 6) is 3.04. The number of hydrogen-bond acceptors (Lipinski definition) is 6. The number of carbonyl (C=O) groups excluding carboxylic acids is 1. The molecule has 0 spiro atoms. The van der Waals surface area contributed by atoms with Gasteiger partial charge in [0, 0.05) is 35.9 Å². The summed E-state index contributed by atoms with van der Waals surface area (Å²) in [6.45, 7) is 0.113. The summed E-state index contributed by atoms with van der Waals surface area (Å²) in [6.07, 6.45) is 2.93. The molecule has 4 N–H and O–H groups in total. The summed E-state index contributed by atoms with van der Waals surface area (Å²) in [4.78, 5) is 20.9. The Morgan fingerprint density at radius 2 is 2.09 bits per heavy atom. The fourth-order valence-electron chi connectivity index (χ4n) is 4.56. The second-order valence-electron chi connectivity index (χ2n) is 8.57.